The highest BCUT2D eigenvalue weighted by Gasteiger charge is 2.27. The molecule has 0 amide bonds. The summed E-state index contributed by atoms with van der Waals surface area (Å²) >= 11 is 0. The largest absolute Gasteiger partial charge is 0.456 e. The first kappa shape index (κ1) is 11.1. The molecule has 1 aromatic carbocycles. The number of carbonyl (C=O) groups excluding carboxylic acids is 1. The van der Waals surface area contributed by atoms with E-state index in [2.05, 4.69) is 6.92 Å². The summed E-state index contributed by atoms with van der Waals surface area (Å²) in [5.74, 6) is -0.258. The average molecular weight is 220 g/mol. The Bertz CT molecular complexity index is 347. The third-order valence-corrected chi connectivity index (χ3v) is 2.78. The maximum absolute atomic E-state index is 11.7. The van der Waals surface area contributed by atoms with Crippen LogP contribution in [0.15, 0.2) is 30.3 Å². The van der Waals surface area contributed by atoms with Gasteiger partial charge in [-0.3, -0.25) is 0 Å². The predicted molar refractivity (Wildman–Crippen MR) is 60.3 cm³/mol. The van der Waals surface area contributed by atoms with E-state index in [0.29, 0.717) is 12.2 Å². The van der Waals surface area contributed by atoms with Crippen molar-refractivity contribution < 1.29 is 14.3 Å². The van der Waals surface area contributed by atoms with Gasteiger partial charge in [-0.05, 0) is 18.6 Å². The van der Waals surface area contributed by atoms with Gasteiger partial charge in [-0.15, -0.1) is 0 Å². The molecule has 0 bridgehead atoms. The molecule has 86 valence electrons. The molecular weight excluding hydrogens is 204 g/mol. The molecule has 0 N–H and O–H groups in total. The number of carbonyl (C=O) groups is 1. The van der Waals surface area contributed by atoms with E-state index in [1.54, 1.807) is 12.1 Å². The number of ether oxygens (including phenoxy) is 2. The standard InChI is InChI=1S/C13H16O3/c1-2-11-8-12(9-15-11)16-13(14)10-6-4-3-5-7-10/h3-7,11-12H,2,8-9H2,1H3. The van der Waals surface area contributed by atoms with Crippen molar-refractivity contribution in [1.82, 2.24) is 0 Å². The first-order valence-corrected chi connectivity index (χ1v) is 5.67. The van der Waals surface area contributed by atoms with E-state index >= 15 is 0 Å². The smallest absolute Gasteiger partial charge is 0.338 e. The van der Waals surface area contributed by atoms with Crippen LogP contribution in [0.25, 0.3) is 0 Å². The second-order valence-corrected chi connectivity index (χ2v) is 3.99. The topological polar surface area (TPSA) is 35.5 Å². The molecule has 1 saturated heterocycles. The van der Waals surface area contributed by atoms with Crippen molar-refractivity contribution >= 4 is 5.97 Å². The van der Waals surface area contributed by atoms with Crippen LogP contribution in [0.5, 0.6) is 0 Å². The third kappa shape index (κ3) is 2.61. The fourth-order valence-electron chi connectivity index (χ4n) is 1.83. The Kier molecular flexibility index (Phi) is 3.57. The van der Waals surface area contributed by atoms with Gasteiger partial charge in [0, 0.05) is 6.42 Å². The highest BCUT2D eigenvalue weighted by molar-refractivity contribution is 5.89. The zero-order valence-electron chi connectivity index (χ0n) is 9.39. The Morgan fingerprint density at radius 2 is 2.19 bits per heavy atom. The molecule has 3 nitrogen and oxygen atoms in total. The molecule has 3 heteroatoms. The normalized spacial score (nSPS) is 24.3. The monoisotopic (exact) mass is 220 g/mol. The number of hydrogen-bond donors (Lipinski definition) is 0. The molecule has 0 spiro atoms. The zero-order valence-corrected chi connectivity index (χ0v) is 9.39. The van der Waals surface area contributed by atoms with Gasteiger partial charge in [0.05, 0.1) is 18.3 Å². The quantitative estimate of drug-likeness (QED) is 0.734. The molecule has 1 aliphatic rings. The van der Waals surface area contributed by atoms with Gasteiger partial charge >= 0.3 is 5.97 Å². The molecule has 16 heavy (non-hydrogen) atoms. The van der Waals surface area contributed by atoms with Gasteiger partial charge in [-0.25, -0.2) is 4.79 Å². The molecule has 0 aromatic heterocycles. The van der Waals surface area contributed by atoms with Gasteiger partial charge in [0.15, 0.2) is 0 Å². The Labute approximate surface area is 95.4 Å². The van der Waals surface area contributed by atoms with Gasteiger partial charge in [-0.2, -0.15) is 0 Å². The van der Waals surface area contributed by atoms with E-state index in [1.807, 2.05) is 18.2 Å². The van der Waals surface area contributed by atoms with Crippen LogP contribution >= 0.6 is 0 Å². The van der Waals surface area contributed by atoms with Crippen LogP contribution in [0.3, 0.4) is 0 Å². The van der Waals surface area contributed by atoms with E-state index < -0.39 is 0 Å². The van der Waals surface area contributed by atoms with Crippen molar-refractivity contribution in [2.45, 2.75) is 32.0 Å². The van der Waals surface area contributed by atoms with Crippen LogP contribution in [0.4, 0.5) is 0 Å². The summed E-state index contributed by atoms with van der Waals surface area (Å²) in [5, 5.41) is 0. The van der Waals surface area contributed by atoms with Crippen LogP contribution < -0.4 is 0 Å². The second-order valence-electron chi connectivity index (χ2n) is 3.99. The molecule has 2 unspecified atom stereocenters. The first-order chi connectivity index (χ1) is 7.79. The molecule has 0 radical (unpaired) electrons. The summed E-state index contributed by atoms with van der Waals surface area (Å²) in [6.45, 7) is 2.60. The first-order valence-electron chi connectivity index (χ1n) is 5.67. The lowest BCUT2D eigenvalue weighted by atomic mass is 10.1. The maximum atomic E-state index is 11.7. The summed E-state index contributed by atoms with van der Waals surface area (Å²) in [4.78, 5) is 11.7. The number of rotatable bonds is 3. The van der Waals surface area contributed by atoms with Crippen molar-refractivity contribution in [3.63, 3.8) is 0 Å². The summed E-state index contributed by atoms with van der Waals surface area (Å²) < 4.78 is 10.8. The van der Waals surface area contributed by atoms with Crippen molar-refractivity contribution in [3.8, 4) is 0 Å². The highest BCUT2D eigenvalue weighted by Crippen LogP contribution is 2.19. The van der Waals surface area contributed by atoms with Gasteiger partial charge < -0.3 is 9.47 Å². The lowest BCUT2D eigenvalue weighted by molar-refractivity contribution is 0.0254. The van der Waals surface area contributed by atoms with E-state index in [1.165, 1.54) is 0 Å². The fraction of sp³-hybridized carbons (Fsp3) is 0.462. The molecule has 2 atom stereocenters. The summed E-state index contributed by atoms with van der Waals surface area (Å²) in [5.41, 5.74) is 0.599. The highest BCUT2D eigenvalue weighted by atomic mass is 16.6. The molecule has 1 aromatic rings. The van der Waals surface area contributed by atoms with Gasteiger partial charge in [0.2, 0.25) is 0 Å². The van der Waals surface area contributed by atoms with Gasteiger partial charge in [0.25, 0.3) is 0 Å². The van der Waals surface area contributed by atoms with Crippen molar-refractivity contribution in [3.05, 3.63) is 35.9 Å². The predicted octanol–water partition coefficient (Wildman–Crippen LogP) is 2.41. The lowest BCUT2D eigenvalue weighted by Crippen LogP contribution is -2.18. The maximum Gasteiger partial charge on any atom is 0.338 e. The summed E-state index contributed by atoms with van der Waals surface area (Å²) in [6, 6.07) is 9.06. The zero-order chi connectivity index (χ0) is 11.4. The molecule has 1 heterocycles. The van der Waals surface area contributed by atoms with Gasteiger partial charge in [0.1, 0.15) is 6.10 Å². The molecule has 1 aliphatic heterocycles. The Hall–Kier alpha value is -1.35. The fourth-order valence-corrected chi connectivity index (χ4v) is 1.83. The number of esters is 1. The van der Waals surface area contributed by atoms with Crippen molar-refractivity contribution in [1.29, 1.82) is 0 Å². The average Bonchev–Trinajstić information content (AvgIpc) is 2.78. The Balaban J connectivity index is 1.89. The molecule has 0 aliphatic carbocycles. The van der Waals surface area contributed by atoms with Crippen molar-refractivity contribution in [2.24, 2.45) is 0 Å². The lowest BCUT2D eigenvalue weighted by Gasteiger charge is -2.10. The van der Waals surface area contributed by atoms with E-state index in [-0.39, 0.29) is 18.2 Å². The van der Waals surface area contributed by atoms with Crippen molar-refractivity contribution in [2.75, 3.05) is 6.61 Å². The van der Waals surface area contributed by atoms with Crippen LogP contribution in [0.1, 0.15) is 30.1 Å². The van der Waals surface area contributed by atoms with E-state index in [4.69, 9.17) is 9.47 Å². The summed E-state index contributed by atoms with van der Waals surface area (Å²) in [6.07, 6.45) is 1.94. The van der Waals surface area contributed by atoms with E-state index in [9.17, 15) is 4.79 Å². The molecule has 1 fully saturated rings. The molecule has 0 saturated carbocycles. The Morgan fingerprint density at radius 1 is 1.44 bits per heavy atom. The van der Waals surface area contributed by atoms with E-state index in [0.717, 1.165) is 12.8 Å². The van der Waals surface area contributed by atoms with Crippen LogP contribution in [0.2, 0.25) is 0 Å². The minimum Gasteiger partial charge on any atom is -0.456 e. The third-order valence-electron chi connectivity index (χ3n) is 2.78. The number of hydrogen-bond acceptors (Lipinski definition) is 3. The molecular formula is C13H16O3. The van der Waals surface area contributed by atoms with Crippen LogP contribution in [0, 0.1) is 0 Å². The minimum absolute atomic E-state index is 0.0855. The van der Waals surface area contributed by atoms with Crippen LogP contribution in [-0.2, 0) is 9.47 Å². The SMILES string of the molecule is CCC1CC(OC(=O)c2ccccc2)CO1. The summed E-state index contributed by atoms with van der Waals surface area (Å²) in [7, 11) is 0. The van der Waals surface area contributed by atoms with Gasteiger partial charge in [-0.1, -0.05) is 25.1 Å². The number of benzene rings is 1. The second kappa shape index (κ2) is 5.12. The Morgan fingerprint density at radius 3 is 2.81 bits per heavy atom. The van der Waals surface area contributed by atoms with Crippen LogP contribution in [-0.4, -0.2) is 24.8 Å². The molecule has 2 rings (SSSR count). The minimum atomic E-state index is -0.258.